The minimum atomic E-state index is -0.359. The molecule has 0 heterocycles. The molecule has 2 N–H and O–H groups in total. The highest BCUT2D eigenvalue weighted by Crippen LogP contribution is 2.23. The quantitative estimate of drug-likeness (QED) is 0.716. The summed E-state index contributed by atoms with van der Waals surface area (Å²) in [7, 11) is 0. The summed E-state index contributed by atoms with van der Waals surface area (Å²) in [6, 6.07) is 14.7. The van der Waals surface area contributed by atoms with Crippen molar-refractivity contribution in [2.24, 2.45) is 0 Å². The highest BCUT2D eigenvalue weighted by Gasteiger charge is 2.13. The first-order valence-electron chi connectivity index (χ1n) is 8.80. The van der Waals surface area contributed by atoms with Crippen molar-refractivity contribution in [3.63, 3.8) is 0 Å². The SMILES string of the molecule is CC(C)Oc1ccc(NC(=O)CC(=O)Nc2ccccc2C(C)C)cc1. The van der Waals surface area contributed by atoms with Crippen molar-refractivity contribution in [1.29, 1.82) is 0 Å². The molecule has 0 aliphatic carbocycles. The molecule has 138 valence electrons. The van der Waals surface area contributed by atoms with Gasteiger partial charge in [0, 0.05) is 11.4 Å². The Kier molecular flexibility index (Phi) is 6.78. The van der Waals surface area contributed by atoms with Gasteiger partial charge >= 0.3 is 0 Å². The summed E-state index contributed by atoms with van der Waals surface area (Å²) in [5.74, 6) is 0.324. The van der Waals surface area contributed by atoms with E-state index in [1.54, 1.807) is 24.3 Å². The van der Waals surface area contributed by atoms with Crippen LogP contribution in [-0.4, -0.2) is 17.9 Å². The van der Waals surface area contributed by atoms with E-state index in [4.69, 9.17) is 4.74 Å². The summed E-state index contributed by atoms with van der Waals surface area (Å²) < 4.78 is 5.56. The van der Waals surface area contributed by atoms with Crippen LogP contribution >= 0.6 is 0 Å². The first-order valence-corrected chi connectivity index (χ1v) is 8.80. The van der Waals surface area contributed by atoms with Crippen LogP contribution in [0.1, 0.15) is 45.6 Å². The number of nitrogens with one attached hydrogen (secondary N) is 2. The number of para-hydroxylation sites is 1. The van der Waals surface area contributed by atoms with Gasteiger partial charge in [-0.05, 0) is 55.7 Å². The molecule has 0 saturated carbocycles. The molecular formula is C21H26N2O3. The van der Waals surface area contributed by atoms with Crippen LogP contribution in [0.2, 0.25) is 0 Å². The minimum Gasteiger partial charge on any atom is -0.491 e. The van der Waals surface area contributed by atoms with E-state index in [0.29, 0.717) is 5.69 Å². The Morgan fingerprint density at radius 1 is 0.885 bits per heavy atom. The molecule has 0 aromatic heterocycles. The van der Waals surface area contributed by atoms with Gasteiger partial charge in [0.05, 0.1) is 6.10 Å². The Morgan fingerprint density at radius 2 is 1.50 bits per heavy atom. The van der Waals surface area contributed by atoms with Crippen molar-refractivity contribution in [3.8, 4) is 5.75 Å². The number of carbonyl (C=O) groups excluding carboxylic acids is 2. The maximum Gasteiger partial charge on any atom is 0.233 e. The first-order chi connectivity index (χ1) is 12.3. The third-order valence-electron chi connectivity index (χ3n) is 3.69. The molecule has 26 heavy (non-hydrogen) atoms. The van der Waals surface area contributed by atoms with Gasteiger partial charge in [-0.25, -0.2) is 0 Å². The lowest BCUT2D eigenvalue weighted by Gasteiger charge is -2.13. The van der Waals surface area contributed by atoms with Crippen LogP contribution in [0.4, 0.5) is 11.4 Å². The van der Waals surface area contributed by atoms with E-state index >= 15 is 0 Å². The normalized spacial score (nSPS) is 10.7. The van der Waals surface area contributed by atoms with Crippen molar-refractivity contribution >= 4 is 23.2 Å². The van der Waals surface area contributed by atoms with Crippen LogP contribution in [0.3, 0.4) is 0 Å². The minimum absolute atomic E-state index is 0.0906. The maximum atomic E-state index is 12.2. The van der Waals surface area contributed by atoms with E-state index in [2.05, 4.69) is 24.5 Å². The second kappa shape index (κ2) is 9.04. The molecule has 2 amide bonds. The number of amides is 2. The zero-order chi connectivity index (χ0) is 19.1. The highest BCUT2D eigenvalue weighted by atomic mass is 16.5. The molecule has 0 aliphatic heterocycles. The molecule has 0 atom stereocenters. The summed E-state index contributed by atoms with van der Waals surface area (Å²) in [5.41, 5.74) is 2.42. The maximum absolute atomic E-state index is 12.2. The van der Waals surface area contributed by atoms with Gasteiger partial charge in [-0.2, -0.15) is 0 Å². The molecule has 5 heteroatoms. The van der Waals surface area contributed by atoms with Crippen molar-refractivity contribution in [2.75, 3.05) is 10.6 Å². The lowest BCUT2D eigenvalue weighted by Crippen LogP contribution is -2.22. The molecule has 0 radical (unpaired) electrons. The summed E-state index contributed by atoms with van der Waals surface area (Å²) in [6.45, 7) is 8.02. The Balaban J connectivity index is 1.90. The Hall–Kier alpha value is -2.82. The van der Waals surface area contributed by atoms with Crippen LogP contribution < -0.4 is 15.4 Å². The number of rotatable bonds is 7. The highest BCUT2D eigenvalue weighted by molar-refractivity contribution is 6.08. The number of benzene rings is 2. The number of ether oxygens (including phenoxy) is 1. The van der Waals surface area contributed by atoms with Gasteiger partial charge in [-0.1, -0.05) is 32.0 Å². The van der Waals surface area contributed by atoms with Crippen LogP contribution in [0.25, 0.3) is 0 Å². The second-order valence-electron chi connectivity index (χ2n) is 6.71. The largest absolute Gasteiger partial charge is 0.491 e. The molecule has 2 aromatic rings. The van der Waals surface area contributed by atoms with Crippen molar-refractivity contribution < 1.29 is 14.3 Å². The standard InChI is InChI=1S/C21H26N2O3/c1-14(2)18-7-5-6-8-19(18)23-21(25)13-20(24)22-16-9-11-17(12-10-16)26-15(3)4/h5-12,14-15H,13H2,1-4H3,(H,22,24)(H,23,25). The molecule has 5 nitrogen and oxygen atoms in total. The third-order valence-corrected chi connectivity index (χ3v) is 3.69. The molecule has 0 spiro atoms. The van der Waals surface area contributed by atoms with E-state index in [0.717, 1.165) is 17.0 Å². The van der Waals surface area contributed by atoms with E-state index in [-0.39, 0.29) is 30.3 Å². The van der Waals surface area contributed by atoms with Gasteiger partial charge in [0.1, 0.15) is 12.2 Å². The lowest BCUT2D eigenvalue weighted by molar-refractivity contribution is -0.123. The van der Waals surface area contributed by atoms with Crippen molar-refractivity contribution in [2.45, 2.75) is 46.1 Å². The van der Waals surface area contributed by atoms with Crippen molar-refractivity contribution in [3.05, 3.63) is 54.1 Å². The van der Waals surface area contributed by atoms with E-state index in [9.17, 15) is 9.59 Å². The molecular weight excluding hydrogens is 328 g/mol. The van der Waals surface area contributed by atoms with E-state index in [1.807, 2.05) is 38.1 Å². The fraction of sp³-hybridized carbons (Fsp3) is 0.333. The summed E-state index contributed by atoms with van der Waals surface area (Å²) in [6.07, 6.45) is -0.149. The molecule has 0 fully saturated rings. The van der Waals surface area contributed by atoms with Gasteiger partial charge in [0.2, 0.25) is 11.8 Å². The lowest BCUT2D eigenvalue weighted by atomic mass is 10.0. The predicted molar refractivity (Wildman–Crippen MR) is 105 cm³/mol. The van der Waals surface area contributed by atoms with Crippen molar-refractivity contribution in [1.82, 2.24) is 0 Å². The molecule has 2 aromatic carbocycles. The van der Waals surface area contributed by atoms with Gasteiger partial charge in [0.25, 0.3) is 0 Å². The fourth-order valence-electron chi connectivity index (χ4n) is 2.55. The van der Waals surface area contributed by atoms with Crippen LogP contribution in [0.5, 0.6) is 5.75 Å². The fourth-order valence-corrected chi connectivity index (χ4v) is 2.55. The Labute approximate surface area is 154 Å². The van der Waals surface area contributed by atoms with Gasteiger partial charge in [-0.15, -0.1) is 0 Å². The summed E-state index contributed by atoms with van der Waals surface area (Å²) >= 11 is 0. The number of hydrogen-bond acceptors (Lipinski definition) is 3. The Bertz CT molecular complexity index is 752. The molecule has 2 rings (SSSR count). The third kappa shape index (κ3) is 5.92. The van der Waals surface area contributed by atoms with E-state index in [1.165, 1.54) is 0 Å². The average Bonchev–Trinajstić information content (AvgIpc) is 2.56. The molecule has 0 saturated heterocycles. The van der Waals surface area contributed by atoms with Gasteiger partial charge in [-0.3, -0.25) is 9.59 Å². The number of carbonyl (C=O) groups is 2. The first kappa shape index (κ1) is 19.5. The zero-order valence-electron chi connectivity index (χ0n) is 15.7. The summed E-state index contributed by atoms with van der Waals surface area (Å²) in [5, 5.41) is 5.54. The smallest absolute Gasteiger partial charge is 0.233 e. The summed E-state index contributed by atoms with van der Waals surface area (Å²) in [4.78, 5) is 24.3. The Morgan fingerprint density at radius 3 is 2.12 bits per heavy atom. The predicted octanol–water partition coefficient (Wildman–Crippen LogP) is 4.56. The van der Waals surface area contributed by atoms with Crippen LogP contribution in [-0.2, 0) is 9.59 Å². The number of anilines is 2. The van der Waals surface area contributed by atoms with Gasteiger partial charge < -0.3 is 15.4 Å². The second-order valence-corrected chi connectivity index (χ2v) is 6.71. The zero-order valence-corrected chi connectivity index (χ0v) is 15.7. The molecule has 0 unspecified atom stereocenters. The molecule has 0 aliphatic rings. The monoisotopic (exact) mass is 354 g/mol. The topological polar surface area (TPSA) is 67.4 Å². The van der Waals surface area contributed by atoms with Crippen LogP contribution in [0, 0.1) is 0 Å². The molecule has 0 bridgehead atoms. The number of hydrogen-bond donors (Lipinski definition) is 2. The van der Waals surface area contributed by atoms with Gasteiger partial charge in [0.15, 0.2) is 0 Å². The average molecular weight is 354 g/mol. The van der Waals surface area contributed by atoms with Crippen LogP contribution in [0.15, 0.2) is 48.5 Å². The van der Waals surface area contributed by atoms with E-state index < -0.39 is 0 Å².